The molecule has 2 aromatic heterocycles. The molecule has 1 N–H and O–H groups in total. The van der Waals surface area contributed by atoms with Crippen LogP contribution in [0.2, 0.25) is 5.02 Å². The number of pyridine rings is 1. The van der Waals surface area contributed by atoms with E-state index in [0.29, 0.717) is 49.0 Å². The second kappa shape index (κ2) is 10.6. The average Bonchev–Trinajstić information content (AvgIpc) is 3.19. The van der Waals surface area contributed by atoms with E-state index in [1.54, 1.807) is 33.4 Å². The highest BCUT2D eigenvalue weighted by molar-refractivity contribution is 6.30. The molecule has 2 heterocycles. The van der Waals surface area contributed by atoms with Gasteiger partial charge in [-0.05, 0) is 61.9 Å². The molecule has 0 radical (unpaired) electrons. The van der Waals surface area contributed by atoms with Crippen LogP contribution in [0.4, 0.5) is 13.2 Å². The van der Waals surface area contributed by atoms with Gasteiger partial charge in [0.05, 0.1) is 32.9 Å². The number of rotatable bonds is 5. The van der Waals surface area contributed by atoms with Crippen molar-refractivity contribution >= 4 is 28.5 Å². The Bertz CT molecular complexity index is 1650. The van der Waals surface area contributed by atoms with Gasteiger partial charge in [0.15, 0.2) is 5.69 Å². The lowest BCUT2D eigenvalue weighted by Gasteiger charge is -2.29. The molecule has 0 atom stereocenters. The molecule has 4 aromatic rings. The Hall–Kier alpha value is -4.10. The van der Waals surface area contributed by atoms with Crippen molar-refractivity contribution in [3.8, 4) is 11.8 Å². The van der Waals surface area contributed by atoms with Gasteiger partial charge in [-0.15, -0.1) is 0 Å². The van der Waals surface area contributed by atoms with E-state index in [1.807, 2.05) is 24.3 Å². The topological polar surface area (TPSA) is 92.7 Å². The molecule has 1 fully saturated rings. The molecule has 0 saturated heterocycles. The lowest BCUT2D eigenvalue weighted by Crippen LogP contribution is -2.39. The minimum atomic E-state index is -4.78. The number of carbonyl (C=O) groups is 1. The van der Waals surface area contributed by atoms with Crippen molar-refractivity contribution in [2.24, 2.45) is 5.92 Å². The molecule has 0 bridgehead atoms. The predicted octanol–water partition coefficient (Wildman–Crippen LogP) is 5.72. The summed E-state index contributed by atoms with van der Waals surface area (Å²) >= 11 is 5.81. The summed E-state index contributed by atoms with van der Waals surface area (Å²) in [5.41, 5.74) is 0.228. The summed E-state index contributed by atoms with van der Waals surface area (Å²) in [6.07, 6.45) is -1.47. The number of benzene rings is 2. The smallest absolute Gasteiger partial charge is 0.349 e. The molecular formula is C28H23ClF3N5O2. The number of halogens is 4. The minimum Gasteiger partial charge on any atom is -0.349 e. The maximum absolute atomic E-state index is 13.6. The highest BCUT2D eigenvalue weighted by Crippen LogP contribution is 2.32. The highest BCUT2D eigenvalue weighted by atomic mass is 35.5. The maximum Gasteiger partial charge on any atom is 0.434 e. The van der Waals surface area contributed by atoms with Crippen molar-refractivity contribution in [1.29, 1.82) is 5.26 Å². The Morgan fingerprint density at radius 1 is 1.08 bits per heavy atom. The number of aromatic nitrogens is 3. The number of alkyl halides is 3. The first-order valence-electron chi connectivity index (χ1n) is 12.4. The number of fused-ring (bicyclic) bond motifs is 1. The molecule has 0 aliphatic heterocycles. The zero-order valence-corrected chi connectivity index (χ0v) is 21.3. The fourth-order valence-electron chi connectivity index (χ4n) is 5.23. The quantitative estimate of drug-likeness (QED) is 0.342. The number of carbonyl (C=O) groups excluding carboxylic acids is 1. The molecule has 7 nitrogen and oxygen atoms in total. The van der Waals surface area contributed by atoms with E-state index in [1.165, 1.54) is 0 Å². The van der Waals surface area contributed by atoms with Gasteiger partial charge in [0.1, 0.15) is 6.07 Å². The summed E-state index contributed by atoms with van der Waals surface area (Å²) in [6.45, 7) is 0.443. The van der Waals surface area contributed by atoms with Gasteiger partial charge in [0, 0.05) is 18.8 Å². The van der Waals surface area contributed by atoms with Crippen molar-refractivity contribution < 1.29 is 18.0 Å². The van der Waals surface area contributed by atoms with Gasteiger partial charge in [-0.3, -0.25) is 13.9 Å². The number of hydrogen-bond acceptors (Lipinski definition) is 4. The molecule has 2 aromatic carbocycles. The molecule has 39 heavy (non-hydrogen) atoms. The molecule has 1 amide bonds. The number of imidazole rings is 1. The second-order valence-corrected chi connectivity index (χ2v) is 10.0. The van der Waals surface area contributed by atoms with Crippen LogP contribution in [0.5, 0.6) is 0 Å². The molecular weight excluding hydrogens is 531 g/mol. The van der Waals surface area contributed by atoms with Gasteiger partial charge in [-0.2, -0.15) is 18.4 Å². The van der Waals surface area contributed by atoms with E-state index in [9.17, 15) is 28.0 Å². The van der Waals surface area contributed by atoms with E-state index in [2.05, 4.69) is 16.4 Å². The molecule has 1 aliphatic rings. The summed E-state index contributed by atoms with van der Waals surface area (Å²) in [4.78, 5) is 29.6. The van der Waals surface area contributed by atoms with E-state index in [0.717, 1.165) is 17.8 Å². The number of hydrogen-bond donors (Lipinski definition) is 1. The third-order valence-electron chi connectivity index (χ3n) is 7.09. The Morgan fingerprint density at radius 2 is 1.74 bits per heavy atom. The number of para-hydroxylation sites is 3. The van der Waals surface area contributed by atoms with Gasteiger partial charge >= 0.3 is 11.9 Å². The lowest BCUT2D eigenvalue weighted by atomic mass is 9.85. The van der Waals surface area contributed by atoms with Crippen molar-refractivity contribution in [3.63, 3.8) is 0 Å². The van der Waals surface area contributed by atoms with Crippen LogP contribution in [0.15, 0.2) is 65.6 Å². The van der Waals surface area contributed by atoms with Crippen molar-refractivity contribution in [2.75, 3.05) is 0 Å². The monoisotopic (exact) mass is 553 g/mol. The second-order valence-electron chi connectivity index (χ2n) is 9.58. The highest BCUT2D eigenvalue weighted by Gasteiger charge is 2.38. The van der Waals surface area contributed by atoms with Gasteiger partial charge < -0.3 is 5.32 Å². The van der Waals surface area contributed by atoms with Crippen LogP contribution < -0.4 is 11.0 Å². The molecule has 1 saturated carbocycles. The maximum atomic E-state index is 13.6. The fourth-order valence-corrected chi connectivity index (χ4v) is 5.39. The average molecular weight is 554 g/mol. The third-order valence-corrected chi connectivity index (χ3v) is 7.30. The normalized spacial score (nSPS) is 17.6. The Labute approximate surface area is 226 Å². The molecule has 0 unspecified atom stereocenters. The molecule has 0 spiro atoms. The molecule has 200 valence electrons. The van der Waals surface area contributed by atoms with Crippen LogP contribution in [-0.4, -0.2) is 26.1 Å². The van der Waals surface area contributed by atoms with E-state index in [-0.39, 0.29) is 22.7 Å². The summed E-state index contributed by atoms with van der Waals surface area (Å²) in [6, 6.07) is 17.1. The van der Waals surface area contributed by atoms with Crippen LogP contribution in [-0.2, 0) is 12.7 Å². The Kier molecular flexibility index (Phi) is 7.19. The van der Waals surface area contributed by atoms with Gasteiger partial charge in [-0.25, -0.2) is 9.78 Å². The van der Waals surface area contributed by atoms with E-state index < -0.39 is 23.3 Å². The first-order chi connectivity index (χ1) is 18.7. The number of amides is 1. The van der Waals surface area contributed by atoms with Crippen LogP contribution in [0.1, 0.15) is 47.3 Å². The van der Waals surface area contributed by atoms with Crippen LogP contribution >= 0.6 is 11.6 Å². The summed E-state index contributed by atoms with van der Waals surface area (Å²) in [5.74, 6) is -0.740. The fraction of sp³-hybridized carbons (Fsp3) is 0.286. The van der Waals surface area contributed by atoms with Crippen molar-refractivity contribution in [2.45, 2.75) is 44.4 Å². The van der Waals surface area contributed by atoms with Crippen LogP contribution in [0.25, 0.3) is 16.7 Å². The van der Waals surface area contributed by atoms with Crippen molar-refractivity contribution in [3.05, 3.63) is 93.1 Å². The third kappa shape index (κ3) is 5.27. The largest absolute Gasteiger partial charge is 0.434 e. The zero-order valence-electron chi connectivity index (χ0n) is 20.6. The summed E-state index contributed by atoms with van der Waals surface area (Å²) in [7, 11) is 0. The van der Waals surface area contributed by atoms with Gasteiger partial charge in [-0.1, -0.05) is 35.9 Å². The number of nitrogens with one attached hydrogen (secondary N) is 1. The van der Waals surface area contributed by atoms with Crippen molar-refractivity contribution in [1.82, 2.24) is 19.4 Å². The lowest BCUT2D eigenvalue weighted by molar-refractivity contribution is -0.141. The van der Waals surface area contributed by atoms with Gasteiger partial charge in [0.25, 0.3) is 5.91 Å². The standard InChI is InChI=1S/C28H23ClF3N5O2/c29-19-13-21(25(34-15-19)28(30,31)32)26(38)35-20-11-9-17(10-12-20)16-36-23-7-3-4-8-24(23)37(27(36)39)22-6-2-1-5-18(22)14-33/h1-8,13,15,17,20H,9-12,16H2,(H,35,38). The first kappa shape index (κ1) is 26.5. The SMILES string of the molecule is N#Cc1ccccc1-n1c(=O)n(CC2CCC(NC(=O)c3cc(Cl)cnc3C(F)(F)F)CC2)c2ccccc21. The molecule has 5 rings (SSSR count). The van der Waals surface area contributed by atoms with E-state index >= 15 is 0 Å². The van der Waals surface area contributed by atoms with Crippen LogP contribution in [0.3, 0.4) is 0 Å². The molecule has 1 aliphatic carbocycles. The van der Waals surface area contributed by atoms with Crippen LogP contribution in [0, 0.1) is 17.2 Å². The summed E-state index contributed by atoms with van der Waals surface area (Å²) < 4.78 is 43.3. The molecule has 11 heteroatoms. The number of nitriles is 1. The Morgan fingerprint density at radius 3 is 2.44 bits per heavy atom. The first-order valence-corrected chi connectivity index (χ1v) is 12.8. The zero-order chi connectivity index (χ0) is 27.7. The number of nitrogens with zero attached hydrogens (tertiary/aromatic N) is 4. The van der Waals surface area contributed by atoms with Gasteiger partial charge in [0.2, 0.25) is 0 Å². The predicted molar refractivity (Wildman–Crippen MR) is 140 cm³/mol. The Balaban J connectivity index is 1.32. The minimum absolute atomic E-state index is 0.0566. The summed E-state index contributed by atoms with van der Waals surface area (Å²) in [5, 5.41) is 12.2. The van der Waals surface area contributed by atoms with E-state index in [4.69, 9.17) is 11.6 Å².